The number of hydrogen-bond donors (Lipinski definition) is 1. The van der Waals surface area contributed by atoms with Gasteiger partial charge in [-0.3, -0.25) is 0 Å². The van der Waals surface area contributed by atoms with Crippen molar-refractivity contribution in [3.8, 4) is 0 Å². The van der Waals surface area contributed by atoms with E-state index in [1.165, 1.54) is 4.88 Å². The molecule has 1 aliphatic rings. The second-order valence-electron chi connectivity index (χ2n) is 4.74. The molecule has 0 amide bonds. The van der Waals surface area contributed by atoms with Gasteiger partial charge in [0.15, 0.2) is 5.13 Å². The molecule has 0 radical (unpaired) electrons. The lowest BCUT2D eigenvalue weighted by Gasteiger charge is -2.30. The van der Waals surface area contributed by atoms with Gasteiger partial charge in [-0.1, -0.05) is 6.92 Å². The van der Waals surface area contributed by atoms with Crippen molar-refractivity contribution in [1.29, 1.82) is 0 Å². The summed E-state index contributed by atoms with van der Waals surface area (Å²) in [6.07, 6.45) is 2.22. The lowest BCUT2D eigenvalue weighted by atomic mass is 10.1. The van der Waals surface area contributed by atoms with Gasteiger partial charge in [-0.25, -0.2) is 4.98 Å². The third kappa shape index (κ3) is 3.22. The molecular formula is C13H23N3OS. The predicted octanol–water partition coefficient (Wildman–Crippen LogP) is 2.18. The van der Waals surface area contributed by atoms with Gasteiger partial charge in [-0.2, -0.15) is 0 Å². The Hall–Kier alpha value is -0.650. The van der Waals surface area contributed by atoms with Gasteiger partial charge < -0.3 is 15.0 Å². The average Bonchev–Trinajstić information content (AvgIpc) is 2.78. The fraction of sp³-hybridized carbons (Fsp3) is 0.769. The Bertz CT molecular complexity index is 374. The van der Waals surface area contributed by atoms with Crippen molar-refractivity contribution in [2.24, 2.45) is 0 Å². The zero-order valence-corrected chi connectivity index (χ0v) is 12.3. The lowest BCUT2D eigenvalue weighted by molar-refractivity contribution is 0.0855. The number of nitrogens with one attached hydrogen (secondary N) is 1. The van der Waals surface area contributed by atoms with Gasteiger partial charge in [-0.15, -0.1) is 11.3 Å². The number of nitrogens with zero attached hydrogens (tertiary/aromatic N) is 2. The quantitative estimate of drug-likeness (QED) is 0.889. The predicted molar refractivity (Wildman–Crippen MR) is 76.5 cm³/mol. The highest BCUT2D eigenvalue weighted by Crippen LogP contribution is 2.28. The van der Waals surface area contributed by atoms with Crippen LogP contribution in [0, 0.1) is 6.92 Å². The van der Waals surface area contributed by atoms with Crippen molar-refractivity contribution in [3.05, 3.63) is 10.6 Å². The highest BCUT2D eigenvalue weighted by Gasteiger charge is 2.21. The van der Waals surface area contributed by atoms with Crippen molar-refractivity contribution in [2.75, 3.05) is 31.7 Å². The number of anilines is 1. The molecule has 0 saturated carbocycles. The summed E-state index contributed by atoms with van der Waals surface area (Å²) in [7, 11) is 2.16. The van der Waals surface area contributed by atoms with Gasteiger partial charge in [0.25, 0.3) is 0 Å². The van der Waals surface area contributed by atoms with E-state index < -0.39 is 0 Å². The molecule has 0 unspecified atom stereocenters. The molecule has 2 heterocycles. The SMILES string of the molecule is CCNCc1sc(N(C)C2CCOCC2)nc1C. The summed E-state index contributed by atoms with van der Waals surface area (Å²) < 4.78 is 5.41. The molecule has 0 aliphatic carbocycles. The Morgan fingerprint density at radius 3 is 2.83 bits per heavy atom. The Balaban J connectivity index is 2.02. The molecule has 1 aromatic heterocycles. The summed E-state index contributed by atoms with van der Waals surface area (Å²) in [5.74, 6) is 0. The van der Waals surface area contributed by atoms with Crippen LogP contribution in [0.1, 0.15) is 30.3 Å². The van der Waals surface area contributed by atoms with Gasteiger partial charge >= 0.3 is 0 Å². The van der Waals surface area contributed by atoms with Crippen LogP contribution in [0.25, 0.3) is 0 Å². The maximum atomic E-state index is 5.41. The molecule has 5 heteroatoms. The van der Waals surface area contributed by atoms with Crippen LogP contribution in [0.3, 0.4) is 0 Å². The molecule has 2 rings (SSSR count). The molecule has 0 aromatic carbocycles. The molecule has 1 N–H and O–H groups in total. The molecule has 1 aromatic rings. The molecule has 1 fully saturated rings. The highest BCUT2D eigenvalue weighted by atomic mass is 32.1. The first-order valence-corrected chi connectivity index (χ1v) is 7.51. The van der Waals surface area contributed by atoms with Gasteiger partial charge in [-0.05, 0) is 26.3 Å². The van der Waals surface area contributed by atoms with E-state index in [9.17, 15) is 0 Å². The third-order valence-electron chi connectivity index (χ3n) is 3.46. The average molecular weight is 269 g/mol. The summed E-state index contributed by atoms with van der Waals surface area (Å²) in [5, 5.41) is 4.51. The van der Waals surface area contributed by atoms with Gasteiger partial charge in [0.1, 0.15) is 0 Å². The summed E-state index contributed by atoms with van der Waals surface area (Å²) >= 11 is 1.81. The van der Waals surface area contributed by atoms with Gasteiger partial charge in [0, 0.05) is 37.7 Å². The Morgan fingerprint density at radius 1 is 1.44 bits per heavy atom. The first kappa shape index (κ1) is 13.8. The highest BCUT2D eigenvalue weighted by molar-refractivity contribution is 7.15. The van der Waals surface area contributed by atoms with E-state index in [1.807, 2.05) is 11.3 Å². The van der Waals surface area contributed by atoms with E-state index in [-0.39, 0.29) is 0 Å². The van der Waals surface area contributed by atoms with Crippen molar-refractivity contribution >= 4 is 16.5 Å². The van der Waals surface area contributed by atoms with Crippen LogP contribution in [0.4, 0.5) is 5.13 Å². The monoisotopic (exact) mass is 269 g/mol. The minimum atomic E-state index is 0.580. The van der Waals surface area contributed by atoms with Crippen molar-refractivity contribution in [3.63, 3.8) is 0 Å². The van der Waals surface area contributed by atoms with E-state index in [2.05, 4.69) is 31.1 Å². The smallest absolute Gasteiger partial charge is 0.185 e. The van der Waals surface area contributed by atoms with Crippen LogP contribution >= 0.6 is 11.3 Å². The summed E-state index contributed by atoms with van der Waals surface area (Å²) in [4.78, 5) is 8.38. The fourth-order valence-electron chi connectivity index (χ4n) is 2.19. The van der Waals surface area contributed by atoms with Crippen LogP contribution in [0.5, 0.6) is 0 Å². The van der Waals surface area contributed by atoms with E-state index in [4.69, 9.17) is 9.72 Å². The maximum absolute atomic E-state index is 5.41. The number of hydrogen-bond acceptors (Lipinski definition) is 5. The standard InChI is InChI=1S/C13H23N3OS/c1-4-14-9-12-10(2)15-13(18-12)16(3)11-5-7-17-8-6-11/h11,14H,4-9H2,1-3H3. The van der Waals surface area contributed by atoms with Crippen molar-refractivity contribution < 1.29 is 4.74 Å². The lowest BCUT2D eigenvalue weighted by Crippen LogP contribution is -2.36. The fourth-order valence-corrected chi connectivity index (χ4v) is 3.26. The molecule has 1 saturated heterocycles. The molecule has 18 heavy (non-hydrogen) atoms. The summed E-state index contributed by atoms with van der Waals surface area (Å²) in [6, 6.07) is 0.580. The zero-order valence-electron chi connectivity index (χ0n) is 11.5. The largest absolute Gasteiger partial charge is 0.381 e. The molecule has 4 nitrogen and oxygen atoms in total. The van der Waals surface area contributed by atoms with Gasteiger partial charge in [0.2, 0.25) is 0 Å². The van der Waals surface area contributed by atoms with Crippen LogP contribution in [0.15, 0.2) is 0 Å². The zero-order chi connectivity index (χ0) is 13.0. The van der Waals surface area contributed by atoms with E-state index >= 15 is 0 Å². The van der Waals surface area contributed by atoms with Crippen molar-refractivity contribution in [2.45, 2.75) is 39.3 Å². The van der Waals surface area contributed by atoms with E-state index in [0.29, 0.717) is 6.04 Å². The Labute approximate surface area is 113 Å². The minimum Gasteiger partial charge on any atom is -0.381 e. The van der Waals surface area contributed by atoms with Gasteiger partial charge in [0.05, 0.1) is 5.69 Å². The van der Waals surface area contributed by atoms with Crippen LogP contribution in [0.2, 0.25) is 0 Å². The second kappa shape index (κ2) is 6.50. The minimum absolute atomic E-state index is 0.580. The normalized spacial score (nSPS) is 17.1. The van der Waals surface area contributed by atoms with Crippen molar-refractivity contribution in [1.82, 2.24) is 10.3 Å². The number of rotatable bonds is 5. The number of thiazole rings is 1. The summed E-state index contributed by atoms with van der Waals surface area (Å²) in [5.41, 5.74) is 1.16. The maximum Gasteiger partial charge on any atom is 0.185 e. The molecule has 1 aliphatic heterocycles. The third-order valence-corrected chi connectivity index (χ3v) is 4.71. The van der Waals surface area contributed by atoms with E-state index in [1.54, 1.807) is 0 Å². The molecule has 0 spiro atoms. The number of ether oxygens (including phenoxy) is 1. The van der Waals surface area contributed by atoms with Crippen LogP contribution < -0.4 is 10.2 Å². The number of aromatic nitrogens is 1. The molecular weight excluding hydrogens is 246 g/mol. The van der Waals surface area contributed by atoms with E-state index in [0.717, 1.165) is 50.0 Å². The number of aryl methyl sites for hydroxylation is 1. The molecule has 0 bridgehead atoms. The van der Waals surface area contributed by atoms with Crippen LogP contribution in [-0.2, 0) is 11.3 Å². The Morgan fingerprint density at radius 2 is 2.17 bits per heavy atom. The van der Waals surface area contributed by atoms with Crippen LogP contribution in [-0.4, -0.2) is 37.8 Å². The molecule has 0 atom stereocenters. The Kier molecular flexibility index (Phi) is 4.97. The topological polar surface area (TPSA) is 37.4 Å². The molecule has 102 valence electrons. The second-order valence-corrected chi connectivity index (χ2v) is 5.80. The first-order valence-electron chi connectivity index (χ1n) is 6.70. The first-order chi connectivity index (χ1) is 8.72. The summed E-state index contributed by atoms with van der Waals surface area (Å²) in [6.45, 7) is 7.92.